The Labute approximate surface area is 165 Å². The van der Waals surface area contributed by atoms with E-state index in [0.29, 0.717) is 30.0 Å². The molecule has 156 valence electrons. The van der Waals surface area contributed by atoms with E-state index in [1.165, 1.54) is 0 Å². The molecule has 1 aromatic carbocycles. The van der Waals surface area contributed by atoms with Crippen LogP contribution in [-0.2, 0) is 20.2 Å². The summed E-state index contributed by atoms with van der Waals surface area (Å²) in [7, 11) is -1.98. The summed E-state index contributed by atoms with van der Waals surface area (Å²) in [5.41, 5.74) is 0.777. The summed E-state index contributed by atoms with van der Waals surface area (Å²) in [6.07, 6.45) is 0.321. The van der Waals surface area contributed by atoms with Crippen LogP contribution in [0, 0.1) is 0 Å². The quantitative estimate of drug-likeness (QED) is 0.351. The van der Waals surface area contributed by atoms with Crippen molar-refractivity contribution in [2.24, 2.45) is 0 Å². The first-order valence-electron chi connectivity index (χ1n) is 9.25. The van der Waals surface area contributed by atoms with E-state index in [9.17, 15) is 4.57 Å². The molecule has 0 saturated heterocycles. The maximum absolute atomic E-state index is 12.5. The molecule has 1 unspecified atom stereocenters. The predicted molar refractivity (Wildman–Crippen MR) is 112 cm³/mol. The third-order valence-electron chi connectivity index (χ3n) is 4.82. The molecule has 0 bridgehead atoms. The van der Waals surface area contributed by atoms with Gasteiger partial charge in [0.15, 0.2) is 17.2 Å². The van der Waals surface area contributed by atoms with Crippen LogP contribution in [0.15, 0.2) is 12.1 Å². The number of rotatable bonds is 10. The highest BCUT2D eigenvalue weighted by Crippen LogP contribution is 2.49. The largest absolute Gasteiger partial charge is 0.539 e. The normalized spacial score (nSPS) is 14.6. The Kier molecular flexibility index (Phi) is 8.42. The highest BCUT2D eigenvalue weighted by Gasteiger charge is 2.40. The zero-order valence-electron chi connectivity index (χ0n) is 18.2. The molecule has 0 heterocycles. The monoisotopic (exact) mass is 418 g/mol. The third kappa shape index (κ3) is 6.24. The van der Waals surface area contributed by atoms with E-state index in [1.54, 1.807) is 28.1 Å². The minimum absolute atomic E-state index is 0.0378. The Morgan fingerprint density at radius 1 is 1.00 bits per heavy atom. The molecule has 0 spiro atoms. The van der Waals surface area contributed by atoms with Crippen LogP contribution < -0.4 is 13.9 Å². The van der Waals surface area contributed by atoms with Crippen LogP contribution >= 0.6 is 7.60 Å². The minimum Gasteiger partial charge on any atom is -0.539 e. The van der Waals surface area contributed by atoms with Gasteiger partial charge in [0.05, 0.1) is 27.4 Å². The highest BCUT2D eigenvalue weighted by molar-refractivity contribution is 7.53. The Hall–Kier alpha value is -1.01. The van der Waals surface area contributed by atoms with Crippen LogP contribution in [0.25, 0.3) is 0 Å². The van der Waals surface area contributed by atoms with Crippen LogP contribution in [-0.4, -0.2) is 35.3 Å². The van der Waals surface area contributed by atoms with Gasteiger partial charge in [-0.15, -0.1) is 0 Å². The van der Waals surface area contributed by atoms with Crippen LogP contribution in [0.3, 0.4) is 0 Å². The van der Waals surface area contributed by atoms with Gasteiger partial charge < -0.3 is 22.9 Å². The molecule has 0 aliphatic rings. The standard InChI is InChI=1S/C19H35O6PSi/c1-10-23-26(20,11-2)24-14-15-12-16(21-6)18(17(13-15)22-7)25-27(8,9)19(3,4)5/h12-13H,10-11,14H2,1-9H3. The smallest absolute Gasteiger partial charge is 0.330 e. The van der Waals surface area contributed by atoms with E-state index in [-0.39, 0.29) is 11.6 Å². The fourth-order valence-corrected chi connectivity index (χ4v) is 4.31. The van der Waals surface area contributed by atoms with E-state index in [1.807, 2.05) is 12.1 Å². The summed E-state index contributed by atoms with van der Waals surface area (Å²) in [6, 6.07) is 3.66. The van der Waals surface area contributed by atoms with Gasteiger partial charge in [-0.1, -0.05) is 27.7 Å². The summed E-state index contributed by atoms with van der Waals surface area (Å²) < 4.78 is 40.9. The van der Waals surface area contributed by atoms with Gasteiger partial charge >= 0.3 is 7.60 Å². The molecule has 1 rings (SSSR count). The van der Waals surface area contributed by atoms with E-state index in [4.69, 9.17) is 22.9 Å². The second-order valence-electron chi connectivity index (χ2n) is 7.81. The van der Waals surface area contributed by atoms with Crippen LogP contribution in [0.1, 0.15) is 40.2 Å². The Balaban J connectivity index is 3.19. The molecular weight excluding hydrogens is 383 g/mol. The summed E-state index contributed by atoms with van der Waals surface area (Å²) >= 11 is 0. The fraction of sp³-hybridized carbons (Fsp3) is 0.684. The maximum atomic E-state index is 12.5. The van der Waals surface area contributed by atoms with Crippen molar-refractivity contribution in [2.75, 3.05) is 27.0 Å². The third-order valence-corrected chi connectivity index (χ3v) is 11.1. The molecule has 0 fully saturated rings. The van der Waals surface area contributed by atoms with Gasteiger partial charge in [-0.25, -0.2) is 0 Å². The fourth-order valence-electron chi connectivity index (χ4n) is 2.12. The number of hydrogen-bond acceptors (Lipinski definition) is 6. The lowest BCUT2D eigenvalue weighted by molar-refractivity contribution is 0.205. The summed E-state index contributed by atoms with van der Waals surface area (Å²) in [5, 5.41) is 0.0378. The molecule has 0 aliphatic heterocycles. The SMILES string of the molecule is CCOP(=O)(CC)OCc1cc(OC)c(O[Si](C)(C)C(C)(C)C)c(OC)c1. The first kappa shape index (κ1) is 24.0. The number of hydrogen-bond donors (Lipinski definition) is 0. The zero-order chi connectivity index (χ0) is 20.9. The van der Waals surface area contributed by atoms with Crippen molar-refractivity contribution in [2.45, 2.75) is 59.4 Å². The zero-order valence-corrected chi connectivity index (χ0v) is 20.1. The molecule has 1 aromatic rings. The first-order valence-corrected chi connectivity index (χ1v) is 13.9. The van der Waals surface area contributed by atoms with Gasteiger partial charge in [0, 0.05) is 6.16 Å². The van der Waals surface area contributed by atoms with Gasteiger partial charge in [0.2, 0.25) is 0 Å². The van der Waals surface area contributed by atoms with Gasteiger partial charge in [-0.3, -0.25) is 4.57 Å². The average molecular weight is 419 g/mol. The number of ether oxygens (including phenoxy) is 2. The van der Waals surface area contributed by atoms with E-state index < -0.39 is 15.9 Å². The topological polar surface area (TPSA) is 63.2 Å². The summed E-state index contributed by atoms with van der Waals surface area (Å²) in [5.74, 6) is 1.74. The molecule has 1 atom stereocenters. The van der Waals surface area contributed by atoms with Crippen LogP contribution in [0.2, 0.25) is 18.1 Å². The summed E-state index contributed by atoms with van der Waals surface area (Å²) in [4.78, 5) is 0. The molecular formula is C19H35O6PSi. The number of benzene rings is 1. The van der Waals surface area contributed by atoms with Gasteiger partial charge in [0.25, 0.3) is 8.32 Å². The Bertz CT molecular complexity index is 644. The van der Waals surface area contributed by atoms with Crippen molar-refractivity contribution in [3.05, 3.63) is 17.7 Å². The van der Waals surface area contributed by atoms with Crippen molar-refractivity contribution in [3.8, 4) is 17.2 Å². The molecule has 27 heavy (non-hydrogen) atoms. The second-order valence-corrected chi connectivity index (χ2v) is 14.9. The molecule has 0 aromatic heterocycles. The van der Waals surface area contributed by atoms with E-state index in [0.717, 1.165) is 5.56 Å². The Morgan fingerprint density at radius 2 is 1.52 bits per heavy atom. The van der Waals surface area contributed by atoms with Crippen LogP contribution in [0.5, 0.6) is 17.2 Å². The molecule has 0 saturated carbocycles. The second kappa shape index (κ2) is 9.46. The lowest BCUT2D eigenvalue weighted by atomic mass is 10.2. The van der Waals surface area contributed by atoms with Gasteiger partial charge in [-0.05, 0) is 42.8 Å². The number of methoxy groups -OCH3 is 2. The van der Waals surface area contributed by atoms with Gasteiger partial charge in [0.1, 0.15) is 0 Å². The molecule has 0 N–H and O–H groups in total. The summed E-state index contributed by atoms with van der Waals surface area (Å²) in [6.45, 7) is 14.9. The average Bonchev–Trinajstić information content (AvgIpc) is 2.59. The van der Waals surface area contributed by atoms with Crippen molar-refractivity contribution in [3.63, 3.8) is 0 Å². The van der Waals surface area contributed by atoms with Crippen molar-refractivity contribution >= 4 is 15.9 Å². The van der Waals surface area contributed by atoms with E-state index in [2.05, 4.69) is 33.9 Å². The lowest BCUT2D eigenvalue weighted by Gasteiger charge is -2.37. The molecule has 0 aliphatic carbocycles. The Morgan fingerprint density at radius 3 is 1.89 bits per heavy atom. The first-order chi connectivity index (χ1) is 12.4. The molecule has 0 amide bonds. The van der Waals surface area contributed by atoms with E-state index >= 15 is 0 Å². The molecule has 6 nitrogen and oxygen atoms in total. The molecule has 0 radical (unpaired) electrons. The van der Waals surface area contributed by atoms with Crippen molar-refractivity contribution in [1.29, 1.82) is 0 Å². The van der Waals surface area contributed by atoms with Crippen molar-refractivity contribution < 1.29 is 27.5 Å². The lowest BCUT2D eigenvalue weighted by Crippen LogP contribution is -2.44. The van der Waals surface area contributed by atoms with Gasteiger partial charge in [-0.2, -0.15) is 0 Å². The van der Waals surface area contributed by atoms with Crippen LogP contribution in [0.4, 0.5) is 0 Å². The highest BCUT2D eigenvalue weighted by atomic mass is 31.2. The molecule has 8 heteroatoms. The van der Waals surface area contributed by atoms with Crippen molar-refractivity contribution in [1.82, 2.24) is 0 Å². The minimum atomic E-state index is -3.09. The maximum Gasteiger partial charge on any atom is 0.330 e. The predicted octanol–water partition coefficient (Wildman–Crippen LogP) is 5.85.